The third-order valence-electron chi connectivity index (χ3n) is 3.39. The third-order valence-corrected chi connectivity index (χ3v) is 3.54. The van der Waals surface area contributed by atoms with E-state index in [4.69, 9.17) is 31.7 Å². The number of nitrogens with zero attached hydrogens (tertiary/aromatic N) is 1. The van der Waals surface area contributed by atoms with Crippen LogP contribution < -0.4 is 4.74 Å². The molecule has 0 bridgehead atoms. The van der Waals surface area contributed by atoms with Gasteiger partial charge in [0.1, 0.15) is 11.5 Å². The van der Waals surface area contributed by atoms with Gasteiger partial charge < -0.3 is 25.0 Å². The van der Waals surface area contributed by atoms with Crippen LogP contribution in [-0.2, 0) is 9.59 Å². The lowest BCUT2D eigenvalue weighted by atomic mass is 10.3. The maximum Gasteiger partial charge on any atom is 0.335 e. The summed E-state index contributed by atoms with van der Waals surface area (Å²) in [6.45, 7) is 16.5. The van der Waals surface area contributed by atoms with Crippen molar-refractivity contribution in [1.82, 2.24) is 4.90 Å². The fraction of sp³-hybridized carbons (Fsp3) is 0.308. The Morgan fingerprint density at radius 2 is 1.18 bits per heavy atom. The molecule has 0 amide bonds. The van der Waals surface area contributed by atoms with E-state index < -0.39 is 11.2 Å². The Morgan fingerprint density at radius 1 is 0.824 bits per heavy atom. The SMILES string of the molecule is C=CC(=O)Cl.C=CC(=O)Oc1ccccc1.CCN(CC)CC.CO.CO.Oc1ccccc1. The van der Waals surface area contributed by atoms with Crippen LogP contribution in [0.15, 0.2) is 86.0 Å². The van der Waals surface area contributed by atoms with Gasteiger partial charge in [0, 0.05) is 20.3 Å². The zero-order valence-corrected chi connectivity index (χ0v) is 21.6. The van der Waals surface area contributed by atoms with Crippen LogP contribution in [-0.4, -0.2) is 65.3 Å². The average Bonchev–Trinajstić information content (AvgIpc) is 2.89. The molecule has 34 heavy (non-hydrogen) atoms. The molecule has 3 N–H and O–H groups in total. The smallest absolute Gasteiger partial charge is 0.335 e. The number of allylic oxidation sites excluding steroid dienone is 1. The zero-order chi connectivity index (χ0) is 27.2. The molecule has 0 unspecified atom stereocenters. The highest BCUT2D eigenvalue weighted by Gasteiger charge is 1.95. The number of esters is 1. The monoisotopic (exact) mass is 497 g/mol. The minimum Gasteiger partial charge on any atom is -0.508 e. The summed E-state index contributed by atoms with van der Waals surface area (Å²) >= 11 is 4.71. The summed E-state index contributed by atoms with van der Waals surface area (Å²) in [6.07, 6.45) is 2.18. The normalized spacial score (nSPS) is 8.03. The highest BCUT2D eigenvalue weighted by atomic mass is 35.5. The number of ether oxygens (including phenoxy) is 1. The molecule has 0 radical (unpaired) electrons. The van der Waals surface area contributed by atoms with Gasteiger partial charge in [0.05, 0.1) is 0 Å². The van der Waals surface area contributed by atoms with Crippen LogP contribution in [0.3, 0.4) is 0 Å². The number of hydrogen-bond donors (Lipinski definition) is 3. The van der Waals surface area contributed by atoms with E-state index in [1.54, 1.807) is 48.5 Å². The van der Waals surface area contributed by atoms with E-state index in [0.29, 0.717) is 11.5 Å². The van der Waals surface area contributed by atoms with E-state index >= 15 is 0 Å². The van der Waals surface area contributed by atoms with Crippen LogP contribution >= 0.6 is 11.6 Å². The van der Waals surface area contributed by atoms with Gasteiger partial charge >= 0.3 is 5.97 Å². The molecule has 0 aliphatic rings. The number of aliphatic hydroxyl groups is 2. The molecule has 0 heterocycles. The van der Waals surface area contributed by atoms with Crippen LogP contribution in [0.1, 0.15) is 20.8 Å². The lowest BCUT2D eigenvalue weighted by Gasteiger charge is -2.13. The summed E-state index contributed by atoms with van der Waals surface area (Å²) in [6, 6.07) is 17.6. The van der Waals surface area contributed by atoms with Crippen molar-refractivity contribution in [2.45, 2.75) is 20.8 Å². The number of rotatable bonds is 6. The van der Waals surface area contributed by atoms with Crippen molar-refractivity contribution in [2.24, 2.45) is 0 Å². The number of carbonyl (C=O) groups excluding carboxylic acids is 2. The lowest BCUT2D eigenvalue weighted by molar-refractivity contribution is -0.129. The predicted molar refractivity (Wildman–Crippen MR) is 141 cm³/mol. The number of halogens is 1. The molecular weight excluding hydrogens is 458 g/mol. The number of aromatic hydroxyl groups is 1. The lowest BCUT2D eigenvalue weighted by Crippen LogP contribution is -2.21. The van der Waals surface area contributed by atoms with E-state index in [0.717, 1.165) is 26.4 Å². The minimum atomic E-state index is -0.509. The third kappa shape index (κ3) is 31.2. The van der Waals surface area contributed by atoms with Gasteiger partial charge in [-0.2, -0.15) is 0 Å². The minimum absolute atomic E-state index is 0.322. The zero-order valence-electron chi connectivity index (χ0n) is 20.9. The number of phenolic OH excluding ortho intramolecular Hbond substituents is 1. The Kier molecular flexibility index (Phi) is 36.3. The van der Waals surface area contributed by atoms with Crippen molar-refractivity contribution in [3.8, 4) is 11.5 Å². The molecule has 0 fully saturated rings. The molecule has 2 aromatic rings. The van der Waals surface area contributed by atoms with Crippen molar-refractivity contribution in [2.75, 3.05) is 33.9 Å². The maximum absolute atomic E-state index is 10.6. The van der Waals surface area contributed by atoms with E-state index in [-0.39, 0.29) is 0 Å². The molecule has 0 saturated carbocycles. The molecule has 2 aromatic carbocycles. The van der Waals surface area contributed by atoms with Crippen LogP contribution in [0, 0.1) is 0 Å². The topological polar surface area (TPSA) is 107 Å². The Balaban J connectivity index is -0.000000174. The first-order chi connectivity index (χ1) is 16.3. The Labute approximate surface area is 209 Å². The van der Waals surface area contributed by atoms with Crippen molar-refractivity contribution < 1.29 is 29.6 Å². The molecule has 0 atom stereocenters. The fourth-order valence-electron chi connectivity index (χ4n) is 1.75. The molecular formula is C26H40ClNO6. The van der Waals surface area contributed by atoms with Crippen molar-refractivity contribution in [3.05, 3.63) is 86.0 Å². The summed E-state index contributed by atoms with van der Waals surface area (Å²) < 4.78 is 4.81. The summed E-state index contributed by atoms with van der Waals surface area (Å²) in [5.74, 6) is 0.427. The average molecular weight is 498 g/mol. The second-order valence-corrected chi connectivity index (χ2v) is 5.77. The van der Waals surface area contributed by atoms with Crippen LogP contribution in [0.4, 0.5) is 0 Å². The van der Waals surface area contributed by atoms with Crippen LogP contribution in [0.25, 0.3) is 0 Å². The standard InChI is InChI=1S/C9H8O2.C6H15N.C6H6O.C3H3ClO.2CH4O/c1-2-9(10)11-8-6-4-3-5-7-8;1-4-7(5-2)6-3;7-6-4-2-1-3-5-6;1-2-3(4)5;2*1-2/h2-7H,1H2;4-6H2,1-3H3;1-5,7H;2H,1H2;2*2H,1H3. The molecule has 0 aliphatic heterocycles. The second-order valence-electron chi connectivity index (χ2n) is 5.40. The van der Waals surface area contributed by atoms with E-state index in [1.165, 1.54) is 19.6 Å². The van der Waals surface area contributed by atoms with Crippen LogP contribution in [0.2, 0.25) is 0 Å². The number of hydrogen-bond acceptors (Lipinski definition) is 7. The molecule has 0 aliphatic carbocycles. The highest BCUT2D eigenvalue weighted by Crippen LogP contribution is 2.08. The molecule has 0 spiro atoms. The number of aliphatic hydroxyl groups excluding tert-OH is 2. The van der Waals surface area contributed by atoms with Gasteiger partial charge in [0.25, 0.3) is 0 Å². The van der Waals surface area contributed by atoms with Gasteiger partial charge in [-0.1, -0.05) is 70.3 Å². The molecule has 7 nitrogen and oxygen atoms in total. The molecule has 8 heteroatoms. The quantitative estimate of drug-likeness (QED) is 0.230. The number of carbonyl (C=O) groups is 2. The Hall–Kier alpha value is -2.97. The second kappa shape index (κ2) is 32.2. The predicted octanol–water partition coefficient (Wildman–Crippen LogP) is 4.67. The highest BCUT2D eigenvalue weighted by molar-refractivity contribution is 6.66. The van der Waals surface area contributed by atoms with Crippen molar-refractivity contribution in [1.29, 1.82) is 0 Å². The number of phenols is 1. The first kappa shape index (κ1) is 38.3. The van der Waals surface area contributed by atoms with E-state index in [9.17, 15) is 9.59 Å². The van der Waals surface area contributed by atoms with E-state index in [2.05, 4.69) is 38.8 Å². The summed E-state index contributed by atoms with van der Waals surface area (Å²) in [7, 11) is 2.00. The van der Waals surface area contributed by atoms with Gasteiger partial charge in [0.2, 0.25) is 5.24 Å². The Morgan fingerprint density at radius 3 is 1.38 bits per heavy atom. The van der Waals surface area contributed by atoms with Gasteiger partial charge in [-0.15, -0.1) is 0 Å². The first-order valence-corrected chi connectivity index (χ1v) is 10.8. The van der Waals surface area contributed by atoms with Crippen LogP contribution in [0.5, 0.6) is 11.5 Å². The Bertz CT molecular complexity index is 702. The molecule has 0 saturated heterocycles. The van der Waals surface area contributed by atoms with Gasteiger partial charge in [-0.05, 0) is 61.6 Å². The van der Waals surface area contributed by atoms with Gasteiger partial charge in [0.15, 0.2) is 0 Å². The number of para-hydroxylation sites is 2. The van der Waals surface area contributed by atoms with Crippen molar-refractivity contribution in [3.63, 3.8) is 0 Å². The summed E-state index contributed by atoms with van der Waals surface area (Å²) in [4.78, 5) is 22.5. The molecule has 2 rings (SSSR count). The maximum atomic E-state index is 10.6. The largest absolute Gasteiger partial charge is 0.508 e. The molecule has 0 aromatic heterocycles. The van der Waals surface area contributed by atoms with Crippen molar-refractivity contribution >= 4 is 22.8 Å². The molecule has 192 valence electrons. The van der Waals surface area contributed by atoms with Gasteiger partial charge in [-0.3, -0.25) is 4.79 Å². The fourth-order valence-corrected chi connectivity index (χ4v) is 1.75. The summed E-state index contributed by atoms with van der Waals surface area (Å²) in [5.41, 5.74) is 0. The first-order valence-electron chi connectivity index (χ1n) is 10.4. The number of benzene rings is 2. The van der Waals surface area contributed by atoms with Gasteiger partial charge in [-0.25, -0.2) is 4.79 Å². The van der Waals surface area contributed by atoms with E-state index in [1.807, 2.05) is 12.1 Å². The summed E-state index contributed by atoms with van der Waals surface area (Å²) in [5, 5.41) is 22.1.